The minimum atomic E-state index is -1.22. The fraction of sp³-hybridized carbons (Fsp3) is 0.714. The summed E-state index contributed by atoms with van der Waals surface area (Å²) >= 11 is 0. The summed E-state index contributed by atoms with van der Waals surface area (Å²) in [6, 6.07) is 0. The molecule has 0 rings (SSSR count). The molecule has 0 bridgehead atoms. The van der Waals surface area contributed by atoms with Gasteiger partial charge in [-0.1, -0.05) is 6.92 Å². The van der Waals surface area contributed by atoms with Crippen LogP contribution in [0.25, 0.3) is 0 Å². The van der Waals surface area contributed by atoms with Gasteiger partial charge in [0.15, 0.2) is 5.78 Å². The van der Waals surface area contributed by atoms with Crippen LogP contribution < -0.4 is 10.6 Å². The predicted molar refractivity (Wildman–Crippen MR) is 76.4 cm³/mol. The molecule has 0 aromatic heterocycles. The summed E-state index contributed by atoms with van der Waals surface area (Å²) in [6.45, 7) is 7.79. The van der Waals surface area contributed by atoms with Gasteiger partial charge in [-0.05, 0) is 27.7 Å². The van der Waals surface area contributed by atoms with Crippen molar-refractivity contribution in [3.8, 4) is 0 Å². The molecule has 0 atom stereocenters. The van der Waals surface area contributed by atoms with E-state index in [1.165, 1.54) is 21.0 Å². The Kier molecular flexibility index (Phi) is 6.53. The predicted octanol–water partition coefficient (Wildman–Crippen LogP) is 0.318. The monoisotopic (exact) mass is 300 g/mol. The molecular weight excluding hydrogens is 276 g/mol. The van der Waals surface area contributed by atoms with E-state index in [-0.39, 0.29) is 12.2 Å². The van der Waals surface area contributed by atoms with Gasteiger partial charge in [0.1, 0.15) is 12.0 Å². The first-order chi connectivity index (χ1) is 9.46. The van der Waals surface area contributed by atoms with Gasteiger partial charge < -0.3 is 15.4 Å². The Morgan fingerprint density at radius 1 is 0.905 bits per heavy atom. The van der Waals surface area contributed by atoms with Gasteiger partial charge in [-0.2, -0.15) is 0 Å². The summed E-state index contributed by atoms with van der Waals surface area (Å²) in [5, 5.41) is 4.91. The number of ketones is 1. The van der Waals surface area contributed by atoms with Crippen molar-refractivity contribution in [1.82, 2.24) is 10.6 Å². The molecule has 0 heterocycles. The number of carbonyl (C=O) groups is 4. The molecule has 0 aliphatic rings. The molecule has 0 aromatic rings. The van der Waals surface area contributed by atoms with Crippen molar-refractivity contribution >= 4 is 23.6 Å². The minimum Gasteiger partial charge on any atom is -0.467 e. The highest BCUT2D eigenvalue weighted by Crippen LogP contribution is 2.08. The molecule has 7 nitrogen and oxygen atoms in total. The number of esters is 1. The fourth-order valence-corrected chi connectivity index (χ4v) is 1.75. The molecule has 0 fully saturated rings. The zero-order chi connectivity index (χ0) is 16.8. The van der Waals surface area contributed by atoms with Crippen molar-refractivity contribution in [3.63, 3.8) is 0 Å². The molecule has 0 aromatic carbocycles. The zero-order valence-corrected chi connectivity index (χ0v) is 13.5. The maximum Gasteiger partial charge on any atom is 0.330 e. The number of nitrogens with one attached hydrogen (secondary N) is 2. The summed E-state index contributed by atoms with van der Waals surface area (Å²) in [6.07, 6.45) is -0.185. The molecule has 0 saturated heterocycles. The third-order valence-electron chi connectivity index (χ3n) is 2.94. The van der Waals surface area contributed by atoms with Gasteiger partial charge in [0.05, 0.1) is 12.6 Å². The van der Waals surface area contributed by atoms with E-state index in [1.54, 1.807) is 20.8 Å². The summed E-state index contributed by atoms with van der Waals surface area (Å²) in [7, 11) is 1.21. The van der Waals surface area contributed by atoms with Gasteiger partial charge >= 0.3 is 5.97 Å². The lowest BCUT2D eigenvalue weighted by molar-refractivity contribution is -0.149. The summed E-state index contributed by atoms with van der Waals surface area (Å²) in [5.41, 5.74) is -2.25. The normalized spacial score (nSPS) is 11.5. The van der Waals surface area contributed by atoms with Gasteiger partial charge in [0, 0.05) is 6.42 Å². The summed E-state index contributed by atoms with van der Waals surface area (Å²) in [5.74, 6) is -1.95. The molecule has 0 unspecified atom stereocenters. The first kappa shape index (κ1) is 19.1. The molecule has 21 heavy (non-hydrogen) atoms. The van der Waals surface area contributed by atoms with Crippen LogP contribution >= 0.6 is 0 Å². The number of hydrogen-bond donors (Lipinski definition) is 2. The van der Waals surface area contributed by atoms with Crippen molar-refractivity contribution in [2.75, 3.05) is 7.11 Å². The molecule has 7 heteroatoms. The number of carbonyl (C=O) groups excluding carboxylic acids is 4. The Labute approximate surface area is 124 Å². The maximum atomic E-state index is 11.8. The van der Waals surface area contributed by atoms with E-state index in [9.17, 15) is 19.2 Å². The SMILES string of the molecule is CCC(=O)C(C)(C)NC(=O)CC(=O)NC(C)(C)C(=O)OC. The third kappa shape index (κ3) is 5.93. The first-order valence-electron chi connectivity index (χ1n) is 6.70. The van der Waals surface area contributed by atoms with Crippen molar-refractivity contribution < 1.29 is 23.9 Å². The van der Waals surface area contributed by atoms with Crippen molar-refractivity contribution in [2.45, 2.75) is 58.5 Å². The topological polar surface area (TPSA) is 102 Å². The molecule has 0 radical (unpaired) electrons. The highest BCUT2D eigenvalue weighted by Gasteiger charge is 2.32. The van der Waals surface area contributed by atoms with Crippen LogP contribution in [0, 0.1) is 0 Å². The van der Waals surface area contributed by atoms with E-state index in [1.807, 2.05) is 0 Å². The van der Waals surface area contributed by atoms with Crippen LogP contribution in [-0.2, 0) is 23.9 Å². The van der Waals surface area contributed by atoms with Gasteiger partial charge in [-0.25, -0.2) is 4.79 Å². The van der Waals surface area contributed by atoms with Crippen LogP contribution in [0.2, 0.25) is 0 Å². The lowest BCUT2D eigenvalue weighted by Crippen LogP contribution is -2.53. The van der Waals surface area contributed by atoms with Crippen molar-refractivity contribution in [3.05, 3.63) is 0 Å². The number of hydrogen-bond acceptors (Lipinski definition) is 5. The quantitative estimate of drug-likeness (QED) is 0.521. The number of rotatable bonds is 7. The first-order valence-corrected chi connectivity index (χ1v) is 6.70. The van der Waals surface area contributed by atoms with Gasteiger partial charge in [0.2, 0.25) is 11.8 Å². The molecular formula is C14H24N2O5. The molecule has 0 spiro atoms. The van der Waals surface area contributed by atoms with Crippen LogP contribution in [0.1, 0.15) is 47.5 Å². The Bertz CT molecular complexity index is 401. The van der Waals surface area contributed by atoms with Crippen LogP contribution in [0.5, 0.6) is 0 Å². The standard InChI is InChI=1S/C14H24N2O5/c1-7-9(17)13(2,3)15-10(18)8-11(19)16-14(4,5)12(20)21-6/h7-8H2,1-6H3,(H,15,18)(H,16,19). The third-order valence-corrected chi connectivity index (χ3v) is 2.94. The van der Waals surface area contributed by atoms with E-state index in [0.717, 1.165) is 0 Å². The molecule has 0 aliphatic heterocycles. The molecule has 120 valence electrons. The van der Waals surface area contributed by atoms with Crippen LogP contribution in [0.4, 0.5) is 0 Å². The number of Topliss-reactive ketones (excluding diaryl/α,β-unsaturated/α-hetero) is 1. The highest BCUT2D eigenvalue weighted by molar-refractivity contribution is 6.01. The van der Waals surface area contributed by atoms with E-state index in [4.69, 9.17) is 0 Å². The second kappa shape index (κ2) is 7.19. The Balaban J connectivity index is 4.57. The van der Waals surface area contributed by atoms with Crippen molar-refractivity contribution in [1.29, 1.82) is 0 Å². The van der Waals surface area contributed by atoms with Crippen LogP contribution in [0.15, 0.2) is 0 Å². The number of amides is 2. The van der Waals surface area contributed by atoms with E-state index < -0.39 is 35.3 Å². The van der Waals surface area contributed by atoms with E-state index in [2.05, 4.69) is 15.4 Å². The average molecular weight is 300 g/mol. The molecule has 0 saturated carbocycles. The Morgan fingerprint density at radius 2 is 1.33 bits per heavy atom. The van der Waals surface area contributed by atoms with Crippen LogP contribution in [0.3, 0.4) is 0 Å². The van der Waals surface area contributed by atoms with Crippen LogP contribution in [-0.4, -0.2) is 41.8 Å². The molecule has 0 aliphatic carbocycles. The Morgan fingerprint density at radius 3 is 1.71 bits per heavy atom. The van der Waals surface area contributed by atoms with Crippen molar-refractivity contribution in [2.24, 2.45) is 0 Å². The lowest BCUT2D eigenvalue weighted by atomic mass is 9.97. The maximum absolute atomic E-state index is 11.8. The number of ether oxygens (including phenoxy) is 1. The van der Waals surface area contributed by atoms with Gasteiger partial charge in [0.25, 0.3) is 0 Å². The zero-order valence-electron chi connectivity index (χ0n) is 13.5. The molecule has 2 N–H and O–H groups in total. The average Bonchev–Trinajstić information content (AvgIpc) is 2.34. The molecule has 2 amide bonds. The van der Waals surface area contributed by atoms with E-state index >= 15 is 0 Å². The highest BCUT2D eigenvalue weighted by atomic mass is 16.5. The van der Waals surface area contributed by atoms with E-state index in [0.29, 0.717) is 0 Å². The summed E-state index contributed by atoms with van der Waals surface area (Å²) in [4.78, 5) is 46.6. The van der Waals surface area contributed by atoms with Gasteiger partial charge in [-0.3, -0.25) is 14.4 Å². The second-order valence-corrected chi connectivity index (χ2v) is 5.79. The Hall–Kier alpha value is -1.92. The summed E-state index contributed by atoms with van der Waals surface area (Å²) < 4.78 is 4.55. The second-order valence-electron chi connectivity index (χ2n) is 5.79. The smallest absolute Gasteiger partial charge is 0.330 e. The fourth-order valence-electron chi connectivity index (χ4n) is 1.75. The minimum absolute atomic E-state index is 0.133. The largest absolute Gasteiger partial charge is 0.467 e. The lowest BCUT2D eigenvalue weighted by Gasteiger charge is -2.25. The number of methoxy groups -OCH3 is 1. The van der Waals surface area contributed by atoms with Gasteiger partial charge in [-0.15, -0.1) is 0 Å².